The second kappa shape index (κ2) is 11.9. The third kappa shape index (κ3) is 6.40. The van der Waals surface area contributed by atoms with Gasteiger partial charge in [0.05, 0.1) is 39.5 Å². The molecule has 0 radical (unpaired) electrons. The van der Waals surface area contributed by atoms with Crippen molar-refractivity contribution in [2.45, 2.75) is 26.3 Å². The summed E-state index contributed by atoms with van der Waals surface area (Å²) in [5, 5.41) is 3.47. The second-order valence-corrected chi connectivity index (χ2v) is 9.51. The summed E-state index contributed by atoms with van der Waals surface area (Å²) in [5.74, 6) is 2.11. The lowest BCUT2D eigenvalue weighted by Gasteiger charge is -2.36. The number of hydrogen-bond acceptors (Lipinski definition) is 7. The highest BCUT2D eigenvalue weighted by Gasteiger charge is 2.26. The van der Waals surface area contributed by atoms with Crippen molar-refractivity contribution in [3.8, 4) is 11.5 Å². The fourth-order valence-electron chi connectivity index (χ4n) is 4.68. The first-order valence-corrected chi connectivity index (χ1v) is 12.5. The normalized spacial score (nSPS) is 20.2. The minimum absolute atomic E-state index is 0.0357. The Labute approximate surface area is 202 Å². The molecule has 2 fully saturated rings. The highest BCUT2D eigenvalue weighted by Crippen LogP contribution is 2.34. The number of benzene rings is 1. The van der Waals surface area contributed by atoms with E-state index in [2.05, 4.69) is 30.1 Å². The van der Waals surface area contributed by atoms with Gasteiger partial charge in [0.25, 0.3) is 0 Å². The number of ether oxygens (including phenoxy) is 3. The lowest BCUT2D eigenvalue weighted by atomic mass is 9.95. The fourth-order valence-corrected chi connectivity index (χ4v) is 4.68. The van der Waals surface area contributed by atoms with Gasteiger partial charge in [-0.15, -0.1) is 0 Å². The number of rotatable bonds is 7. The molecule has 0 spiro atoms. The van der Waals surface area contributed by atoms with Crippen molar-refractivity contribution in [1.29, 1.82) is 0 Å². The zero-order valence-electron chi connectivity index (χ0n) is 20.5. The van der Waals surface area contributed by atoms with Gasteiger partial charge < -0.3 is 29.3 Å². The quantitative estimate of drug-likeness (QED) is 0.635. The van der Waals surface area contributed by atoms with Gasteiger partial charge in [0.1, 0.15) is 0 Å². The summed E-state index contributed by atoms with van der Waals surface area (Å²) in [6.07, 6.45) is 0.874. The number of nitrogens with zero attached hydrogens (tertiary/aromatic N) is 3. The maximum atomic E-state index is 12.9. The Morgan fingerprint density at radius 1 is 0.882 bits per heavy atom. The molecule has 0 aliphatic carbocycles. The predicted molar refractivity (Wildman–Crippen MR) is 128 cm³/mol. The molecule has 2 saturated heterocycles. The molecule has 2 amide bonds. The Bertz CT molecular complexity index is 835. The molecule has 0 aromatic heterocycles. The lowest BCUT2D eigenvalue weighted by Crippen LogP contribution is -2.54. The third-order valence-corrected chi connectivity index (χ3v) is 6.72. The van der Waals surface area contributed by atoms with Gasteiger partial charge in [-0.25, -0.2) is 0 Å². The standard InChI is InChI=1S/C25H38N4O5/c1-19(2)25(20-4-5-21-22(16-20)34-13-3-12-33-21)26-17-23(30)28-8-6-27(7-9-28)18-24(31)29-10-14-32-15-11-29/h4-5,16,19,25-26H,3,6-15,17-18H2,1-2H3. The van der Waals surface area contributed by atoms with Crippen molar-refractivity contribution in [3.05, 3.63) is 23.8 Å². The number of piperazine rings is 1. The summed E-state index contributed by atoms with van der Waals surface area (Å²) < 4.78 is 16.9. The highest BCUT2D eigenvalue weighted by atomic mass is 16.5. The number of carbonyl (C=O) groups is 2. The minimum atomic E-state index is 0.0357. The lowest BCUT2D eigenvalue weighted by molar-refractivity contribution is -0.137. The van der Waals surface area contributed by atoms with Crippen LogP contribution in [0.15, 0.2) is 18.2 Å². The molecule has 0 saturated carbocycles. The molecule has 4 rings (SSSR count). The number of fused-ring (bicyclic) bond motifs is 1. The highest BCUT2D eigenvalue weighted by molar-refractivity contribution is 5.79. The number of carbonyl (C=O) groups excluding carboxylic acids is 2. The van der Waals surface area contributed by atoms with Gasteiger partial charge in [-0.3, -0.25) is 14.5 Å². The van der Waals surface area contributed by atoms with Crippen molar-refractivity contribution < 1.29 is 23.8 Å². The zero-order chi connectivity index (χ0) is 23.9. The molecule has 1 N–H and O–H groups in total. The predicted octanol–water partition coefficient (Wildman–Crippen LogP) is 1.14. The molecule has 1 atom stereocenters. The maximum Gasteiger partial charge on any atom is 0.236 e. The second-order valence-electron chi connectivity index (χ2n) is 9.51. The van der Waals surface area contributed by atoms with E-state index < -0.39 is 0 Å². The average molecular weight is 475 g/mol. The maximum absolute atomic E-state index is 12.9. The Kier molecular flexibility index (Phi) is 8.64. The Hall–Kier alpha value is -2.36. The first kappa shape index (κ1) is 24.8. The van der Waals surface area contributed by atoms with E-state index in [9.17, 15) is 9.59 Å². The summed E-state index contributed by atoms with van der Waals surface area (Å²) in [4.78, 5) is 31.3. The van der Waals surface area contributed by atoms with Crippen LogP contribution in [0.3, 0.4) is 0 Å². The third-order valence-electron chi connectivity index (χ3n) is 6.72. The van der Waals surface area contributed by atoms with Gasteiger partial charge in [-0.05, 0) is 23.6 Å². The van der Waals surface area contributed by atoms with Crippen molar-refractivity contribution >= 4 is 11.8 Å². The van der Waals surface area contributed by atoms with Crippen molar-refractivity contribution in [3.63, 3.8) is 0 Å². The molecule has 34 heavy (non-hydrogen) atoms. The monoisotopic (exact) mass is 474 g/mol. The van der Waals surface area contributed by atoms with Crippen LogP contribution in [0.5, 0.6) is 11.5 Å². The molecule has 9 heteroatoms. The zero-order valence-corrected chi connectivity index (χ0v) is 20.5. The number of morpholine rings is 1. The average Bonchev–Trinajstić information content (AvgIpc) is 3.10. The van der Waals surface area contributed by atoms with E-state index in [4.69, 9.17) is 14.2 Å². The van der Waals surface area contributed by atoms with Crippen LogP contribution < -0.4 is 14.8 Å². The fraction of sp³-hybridized carbons (Fsp3) is 0.680. The summed E-state index contributed by atoms with van der Waals surface area (Å²) in [6.45, 7) is 11.6. The van der Waals surface area contributed by atoms with Crippen LogP contribution in [-0.4, -0.2) is 105 Å². The van der Waals surface area contributed by atoms with Crippen molar-refractivity contribution in [1.82, 2.24) is 20.0 Å². The Morgan fingerprint density at radius 2 is 1.56 bits per heavy atom. The largest absolute Gasteiger partial charge is 0.490 e. The van der Waals surface area contributed by atoms with Crippen LogP contribution in [0.4, 0.5) is 0 Å². The molecular formula is C25H38N4O5. The number of amides is 2. The molecule has 1 aromatic carbocycles. The molecule has 1 aromatic rings. The van der Waals surface area contributed by atoms with Gasteiger partial charge in [0.15, 0.2) is 11.5 Å². The summed E-state index contributed by atoms with van der Waals surface area (Å²) in [6, 6.07) is 6.09. The van der Waals surface area contributed by atoms with E-state index in [-0.39, 0.29) is 24.4 Å². The molecule has 3 aliphatic heterocycles. The topological polar surface area (TPSA) is 83.6 Å². The van der Waals surface area contributed by atoms with Crippen LogP contribution in [0.2, 0.25) is 0 Å². The number of hydrogen-bond donors (Lipinski definition) is 1. The van der Waals surface area contributed by atoms with E-state index in [1.54, 1.807) is 0 Å². The SMILES string of the molecule is CC(C)C(NCC(=O)N1CCN(CC(=O)N2CCOCC2)CC1)c1ccc2c(c1)OCCCO2. The van der Waals surface area contributed by atoms with Gasteiger partial charge in [0.2, 0.25) is 11.8 Å². The van der Waals surface area contributed by atoms with Gasteiger partial charge in [0, 0.05) is 51.7 Å². The van der Waals surface area contributed by atoms with Crippen LogP contribution >= 0.6 is 0 Å². The van der Waals surface area contributed by atoms with Crippen LogP contribution in [0, 0.1) is 5.92 Å². The molecule has 3 heterocycles. The smallest absolute Gasteiger partial charge is 0.236 e. The molecule has 3 aliphatic rings. The molecule has 0 bridgehead atoms. The van der Waals surface area contributed by atoms with Gasteiger partial charge in [-0.1, -0.05) is 19.9 Å². The summed E-state index contributed by atoms with van der Waals surface area (Å²) >= 11 is 0. The molecule has 1 unspecified atom stereocenters. The van der Waals surface area contributed by atoms with Crippen LogP contribution in [0.1, 0.15) is 31.9 Å². The van der Waals surface area contributed by atoms with E-state index in [0.29, 0.717) is 65.1 Å². The van der Waals surface area contributed by atoms with E-state index in [1.807, 2.05) is 21.9 Å². The summed E-state index contributed by atoms with van der Waals surface area (Å²) in [5.41, 5.74) is 1.10. The van der Waals surface area contributed by atoms with E-state index >= 15 is 0 Å². The van der Waals surface area contributed by atoms with E-state index in [1.165, 1.54) is 0 Å². The van der Waals surface area contributed by atoms with Crippen LogP contribution in [-0.2, 0) is 14.3 Å². The Balaban J connectivity index is 1.25. The van der Waals surface area contributed by atoms with Crippen molar-refractivity contribution in [2.75, 3.05) is 78.8 Å². The molecule has 188 valence electrons. The van der Waals surface area contributed by atoms with Gasteiger partial charge >= 0.3 is 0 Å². The van der Waals surface area contributed by atoms with Gasteiger partial charge in [-0.2, -0.15) is 0 Å². The van der Waals surface area contributed by atoms with Crippen molar-refractivity contribution in [2.24, 2.45) is 5.92 Å². The van der Waals surface area contributed by atoms with Crippen LogP contribution in [0.25, 0.3) is 0 Å². The Morgan fingerprint density at radius 3 is 2.26 bits per heavy atom. The van der Waals surface area contributed by atoms with E-state index in [0.717, 1.165) is 36.6 Å². The molecule has 9 nitrogen and oxygen atoms in total. The minimum Gasteiger partial charge on any atom is -0.490 e. The first-order chi connectivity index (χ1) is 16.5. The first-order valence-electron chi connectivity index (χ1n) is 12.5. The number of nitrogens with one attached hydrogen (secondary N) is 1. The molecular weight excluding hydrogens is 436 g/mol. The summed E-state index contributed by atoms with van der Waals surface area (Å²) in [7, 11) is 0.